The molecule has 0 aliphatic carbocycles. The summed E-state index contributed by atoms with van der Waals surface area (Å²) in [7, 11) is 0. The Morgan fingerprint density at radius 1 is 0.900 bits per heavy atom. The number of hydrogen-bond acceptors (Lipinski definition) is 8. The zero-order chi connectivity index (χ0) is 21.5. The number of rotatable bonds is 6. The molecule has 10 heteroatoms. The maximum Gasteiger partial charge on any atom is 0.362 e. The normalized spacial score (nSPS) is 10.5. The molecule has 0 saturated carbocycles. The number of phenols is 1. The number of benzene rings is 3. The fourth-order valence-corrected chi connectivity index (χ4v) is 2.24. The van der Waals surface area contributed by atoms with E-state index in [9.17, 15) is 24.8 Å². The number of carbonyl (C=O) groups is 2. The lowest BCUT2D eigenvalue weighted by atomic mass is 10.2. The molecule has 3 aromatic rings. The van der Waals surface area contributed by atoms with E-state index in [0.717, 1.165) is 0 Å². The van der Waals surface area contributed by atoms with Crippen molar-refractivity contribution in [3.8, 4) is 5.75 Å². The van der Waals surface area contributed by atoms with Gasteiger partial charge in [0.1, 0.15) is 5.75 Å². The first-order valence-corrected chi connectivity index (χ1v) is 8.49. The molecular weight excluding hydrogens is 392 g/mol. The van der Waals surface area contributed by atoms with E-state index in [0.29, 0.717) is 11.4 Å². The molecule has 30 heavy (non-hydrogen) atoms. The van der Waals surface area contributed by atoms with E-state index in [1.807, 2.05) is 0 Å². The SMILES string of the molecule is O=C(N=Nc1ccc(NOC(=O)c2ccc([N+](=O)[O-])cc2)cc1)c1ccc(O)cc1. The maximum absolute atomic E-state index is 12.0. The number of nitro benzene ring substituents is 1. The molecule has 0 unspecified atom stereocenters. The number of anilines is 1. The highest BCUT2D eigenvalue weighted by atomic mass is 16.7. The fourth-order valence-electron chi connectivity index (χ4n) is 2.24. The smallest absolute Gasteiger partial charge is 0.362 e. The van der Waals surface area contributed by atoms with Crippen LogP contribution in [0.2, 0.25) is 0 Å². The van der Waals surface area contributed by atoms with Gasteiger partial charge in [-0.1, -0.05) is 0 Å². The number of non-ortho nitro benzene ring substituents is 1. The Hall–Kier alpha value is -4.60. The first-order chi connectivity index (χ1) is 14.4. The van der Waals surface area contributed by atoms with Crippen LogP contribution in [0.5, 0.6) is 5.75 Å². The molecule has 10 nitrogen and oxygen atoms in total. The van der Waals surface area contributed by atoms with Crippen LogP contribution in [-0.2, 0) is 4.84 Å². The number of nitrogens with one attached hydrogen (secondary N) is 1. The summed E-state index contributed by atoms with van der Waals surface area (Å²) in [6.45, 7) is 0. The third kappa shape index (κ3) is 5.23. The average Bonchev–Trinajstić information content (AvgIpc) is 2.77. The number of amides is 1. The van der Waals surface area contributed by atoms with Crippen LogP contribution in [0.4, 0.5) is 17.1 Å². The van der Waals surface area contributed by atoms with E-state index in [-0.39, 0.29) is 22.6 Å². The minimum absolute atomic E-state index is 0.0425. The second-order valence-corrected chi connectivity index (χ2v) is 5.89. The molecule has 150 valence electrons. The topological polar surface area (TPSA) is 143 Å². The zero-order valence-corrected chi connectivity index (χ0v) is 15.3. The van der Waals surface area contributed by atoms with Gasteiger partial charge in [-0.3, -0.25) is 14.9 Å². The Morgan fingerprint density at radius 3 is 2.10 bits per heavy atom. The number of azo groups is 1. The zero-order valence-electron chi connectivity index (χ0n) is 15.3. The molecule has 0 bridgehead atoms. The van der Waals surface area contributed by atoms with Gasteiger partial charge in [0.25, 0.3) is 11.6 Å². The summed E-state index contributed by atoms with van der Waals surface area (Å²) < 4.78 is 0. The van der Waals surface area contributed by atoms with Gasteiger partial charge < -0.3 is 9.94 Å². The number of aromatic hydroxyl groups is 1. The molecule has 1 amide bonds. The molecule has 0 fully saturated rings. The molecule has 2 N–H and O–H groups in total. The standard InChI is InChI=1S/C20H14N4O6/c25-18-11-3-13(4-12-18)19(26)22-21-15-5-7-16(8-6-15)23-30-20(27)14-1-9-17(10-2-14)24(28)29/h1-12,23,25H. The van der Waals surface area contributed by atoms with Gasteiger partial charge in [-0.15, -0.1) is 10.2 Å². The van der Waals surface area contributed by atoms with E-state index in [1.54, 1.807) is 24.3 Å². The van der Waals surface area contributed by atoms with Gasteiger partial charge in [-0.2, -0.15) is 0 Å². The molecule has 0 radical (unpaired) electrons. The molecule has 0 spiro atoms. The van der Waals surface area contributed by atoms with E-state index in [4.69, 9.17) is 4.84 Å². The molecule has 0 aromatic heterocycles. The number of hydrogen-bond donors (Lipinski definition) is 2. The van der Waals surface area contributed by atoms with Gasteiger partial charge in [0, 0.05) is 17.7 Å². The van der Waals surface area contributed by atoms with Gasteiger partial charge in [0.15, 0.2) is 0 Å². The van der Waals surface area contributed by atoms with E-state index >= 15 is 0 Å². The highest BCUT2D eigenvalue weighted by Gasteiger charge is 2.11. The van der Waals surface area contributed by atoms with Crippen molar-refractivity contribution in [1.82, 2.24) is 0 Å². The Bertz CT molecular complexity index is 1090. The van der Waals surface area contributed by atoms with E-state index in [2.05, 4.69) is 15.7 Å². The Morgan fingerprint density at radius 2 is 1.50 bits per heavy atom. The first-order valence-electron chi connectivity index (χ1n) is 8.49. The third-order valence-corrected chi connectivity index (χ3v) is 3.81. The molecule has 0 aliphatic heterocycles. The van der Waals surface area contributed by atoms with Gasteiger partial charge in [-0.05, 0) is 60.7 Å². The Labute approximate surface area is 169 Å². The monoisotopic (exact) mass is 406 g/mol. The van der Waals surface area contributed by atoms with Crippen LogP contribution < -0.4 is 5.48 Å². The first kappa shape index (κ1) is 20.1. The van der Waals surface area contributed by atoms with Crippen molar-refractivity contribution in [1.29, 1.82) is 0 Å². The van der Waals surface area contributed by atoms with Gasteiger partial charge >= 0.3 is 5.97 Å². The lowest BCUT2D eigenvalue weighted by Gasteiger charge is -2.06. The summed E-state index contributed by atoms with van der Waals surface area (Å²) in [6.07, 6.45) is 0. The van der Waals surface area contributed by atoms with Crippen LogP contribution in [-0.4, -0.2) is 21.9 Å². The lowest BCUT2D eigenvalue weighted by molar-refractivity contribution is -0.384. The molecule has 3 rings (SSSR count). The molecule has 3 aromatic carbocycles. The minimum atomic E-state index is -0.715. The number of phenolic OH excluding ortho intramolecular Hbond substituents is 1. The van der Waals surface area contributed by atoms with Gasteiger partial charge in [-0.25, -0.2) is 10.3 Å². The summed E-state index contributed by atoms with van der Waals surface area (Å²) >= 11 is 0. The number of carbonyl (C=O) groups excluding carboxylic acids is 2. The maximum atomic E-state index is 12.0. The molecule has 0 aliphatic rings. The van der Waals surface area contributed by atoms with Crippen molar-refractivity contribution >= 4 is 28.9 Å². The van der Waals surface area contributed by atoms with Crippen molar-refractivity contribution in [3.63, 3.8) is 0 Å². The van der Waals surface area contributed by atoms with Crippen molar-refractivity contribution in [2.45, 2.75) is 0 Å². The highest BCUT2D eigenvalue weighted by molar-refractivity contribution is 5.94. The number of nitrogens with zero attached hydrogens (tertiary/aromatic N) is 3. The quantitative estimate of drug-likeness (QED) is 0.350. The highest BCUT2D eigenvalue weighted by Crippen LogP contribution is 2.19. The predicted molar refractivity (Wildman–Crippen MR) is 106 cm³/mol. The second-order valence-electron chi connectivity index (χ2n) is 5.89. The summed E-state index contributed by atoms with van der Waals surface area (Å²) in [5, 5.41) is 27.3. The molecular formula is C20H14N4O6. The molecule has 0 saturated heterocycles. The van der Waals surface area contributed by atoms with Crippen molar-refractivity contribution < 1.29 is 24.5 Å². The summed E-state index contributed by atoms with van der Waals surface area (Å²) in [6, 6.07) is 16.8. The van der Waals surface area contributed by atoms with Crippen molar-refractivity contribution in [3.05, 3.63) is 94.0 Å². The summed E-state index contributed by atoms with van der Waals surface area (Å²) in [5.41, 5.74) is 3.59. The van der Waals surface area contributed by atoms with Gasteiger partial charge in [0.05, 0.1) is 21.9 Å². The third-order valence-electron chi connectivity index (χ3n) is 3.81. The average molecular weight is 406 g/mol. The number of nitro groups is 1. The van der Waals surface area contributed by atoms with E-state index in [1.165, 1.54) is 48.5 Å². The van der Waals surface area contributed by atoms with Crippen LogP contribution in [0.25, 0.3) is 0 Å². The Balaban J connectivity index is 1.55. The van der Waals surface area contributed by atoms with E-state index < -0.39 is 16.8 Å². The van der Waals surface area contributed by atoms with Crippen LogP contribution >= 0.6 is 0 Å². The fraction of sp³-hybridized carbons (Fsp3) is 0. The van der Waals surface area contributed by atoms with Gasteiger partial charge in [0.2, 0.25) is 0 Å². The predicted octanol–water partition coefficient (Wildman–Crippen LogP) is 4.41. The van der Waals surface area contributed by atoms with Crippen LogP contribution in [0.3, 0.4) is 0 Å². The molecule has 0 heterocycles. The van der Waals surface area contributed by atoms with Crippen molar-refractivity contribution in [2.24, 2.45) is 10.2 Å². The van der Waals surface area contributed by atoms with Crippen molar-refractivity contribution in [2.75, 3.05) is 5.48 Å². The van der Waals surface area contributed by atoms with Crippen LogP contribution in [0.15, 0.2) is 83.0 Å². The van der Waals surface area contributed by atoms with Crippen LogP contribution in [0, 0.1) is 10.1 Å². The summed E-state index contributed by atoms with van der Waals surface area (Å²) in [5.74, 6) is -1.23. The second kappa shape index (κ2) is 9.06. The van der Waals surface area contributed by atoms with Crippen LogP contribution in [0.1, 0.15) is 20.7 Å². The Kier molecular flexibility index (Phi) is 6.08. The minimum Gasteiger partial charge on any atom is -0.508 e. The summed E-state index contributed by atoms with van der Waals surface area (Å²) in [4.78, 5) is 38.9. The lowest BCUT2D eigenvalue weighted by Crippen LogP contribution is -2.10. The molecule has 0 atom stereocenters. The largest absolute Gasteiger partial charge is 0.508 e.